The second-order valence-corrected chi connectivity index (χ2v) is 12.4. The van der Waals surface area contributed by atoms with Crippen LogP contribution in [0, 0.1) is 11.8 Å². The van der Waals surface area contributed by atoms with Gasteiger partial charge in [-0.05, 0) is 72.5 Å². The highest BCUT2D eigenvalue weighted by Gasteiger charge is 2.63. The lowest BCUT2D eigenvalue weighted by Crippen LogP contribution is -2.68. The Labute approximate surface area is 302 Å². The molecule has 0 saturated heterocycles. The van der Waals surface area contributed by atoms with Crippen molar-refractivity contribution >= 4 is 24.1 Å². The lowest BCUT2D eigenvalue weighted by Gasteiger charge is -2.49. The molecule has 52 heavy (non-hydrogen) atoms. The highest BCUT2D eigenvalue weighted by molar-refractivity contribution is 5.91. The molecule has 2 N–H and O–H groups in total. The number of ether oxygens (including phenoxy) is 4. The van der Waals surface area contributed by atoms with Crippen molar-refractivity contribution in [1.29, 1.82) is 0 Å². The Kier molecular flexibility index (Phi) is 12.7. The van der Waals surface area contributed by atoms with Crippen molar-refractivity contribution in [2.24, 2.45) is 11.8 Å². The molecule has 12 heteroatoms. The zero-order chi connectivity index (χ0) is 37.0. The highest BCUT2D eigenvalue weighted by atomic mass is 16.7. The molecule has 0 spiro atoms. The number of rotatable bonds is 16. The molecule has 272 valence electrons. The molecule has 4 aromatic carbocycles. The normalized spacial score (nSPS) is 17.6. The van der Waals surface area contributed by atoms with Crippen LogP contribution in [0.1, 0.15) is 37.8 Å². The SMILES string of the molecule is CCCN(Cc1ccc(Oc2ccccc2)cc1)C(=O)[C@@H]1[C@H](OC(=O)O)[C@@H](OC(=O)O)[C@H]1C(=O)N(CCC)Cc1ccc(Oc2ccccc2)cc1. The van der Waals surface area contributed by atoms with Gasteiger partial charge in [0.05, 0.1) is 11.8 Å². The molecule has 0 unspecified atom stereocenters. The van der Waals surface area contributed by atoms with Crippen molar-refractivity contribution in [3.8, 4) is 23.0 Å². The Bertz CT molecular complexity index is 1650. The van der Waals surface area contributed by atoms with Crippen molar-refractivity contribution in [2.75, 3.05) is 13.1 Å². The summed E-state index contributed by atoms with van der Waals surface area (Å²) in [5, 5.41) is 19.1. The van der Waals surface area contributed by atoms with Crippen molar-refractivity contribution in [3.05, 3.63) is 120 Å². The van der Waals surface area contributed by atoms with Gasteiger partial charge in [0.1, 0.15) is 23.0 Å². The lowest BCUT2D eigenvalue weighted by molar-refractivity contribution is -0.197. The van der Waals surface area contributed by atoms with Crippen LogP contribution in [0.15, 0.2) is 109 Å². The van der Waals surface area contributed by atoms with Crippen LogP contribution in [-0.4, -0.2) is 69.4 Å². The molecule has 1 saturated carbocycles. The Balaban J connectivity index is 1.37. The highest BCUT2D eigenvalue weighted by Crippen LogP contribution is 2.43. The van der Waals surface area contributed by atoms with Crippen LogP contribution in [0.3, 0.4) is 0 Å². The molecule has 0 radical (unpaired) electrons. The third kappa shape index (κ3) is 9.59. The molecule has 1 aliphatic rings. The Morgan fingerprint density at radius 1 is 0.519 bits per heavy atom. The van der Waals surface area contributed by atoms with E-state index in [-0.39, 0.29) is 13.1 Å². The summed E-state index contributed by atoms with van der Waals surface area (Å²) in [6.45, 7) is 4.66. The summed E-state index contributed by atoms with van der Waals surface area (Å²) < 4.78 is 21.9. The number of carbonyl (C=O) groups excluding carboxylic acids is 2. The fraction of sp³-hybridized carbons (Fsp3) is 0.300. The number of carboxylic acid groups (broad SMARTS) is 2. The number of hydrogen-bond acceptors (Lipinski definition) is 8. The van der Waals surface area contributed by atoms with Crippen LogP contribution < -0.4 is 9.47 Å². The van der Waals surface area contributed by atoms with Crippen molar-refractivity contribution < 1.29 is 48.3 Å². The van der Waals surface area contributed by atoms with E-state index in [1.165, 1.54) is 9.80 Å². The minimum atomic E-state index is -1.72. The maximum Gasteiger partial charge on any atom is 0.506 e. The predicted octanol–water partition coefficient (Wildman–Crippen LogP) is 7.82. The number of carbonyl (C=O) groups is 4. The van der Waals surface area contributed by atoms with Gasteiger partial charge in [0, 0.05) is 26.2 Å². The molecule has 1 aliphatic carbocycles. The van der Waals surface area contributed by atoms with Gasteiger partial charge in [-0.15, -0.1) is 0 Å². The van der Waals surface area contributed by atoms with Gasteiger partial charge < -0.3 is 39.0 Å². The van der Waals surface area contributed by atoms with E-state index in [0.717, 1.165) is 11.1 Å². The summed E-state index contributed by atoms with van der Waals surface area (Å²) in [7, 11) is 0. The molecule has 2 amide bonds. The van der Waals surface area contributed by atoms with E-state index in [1.807, 2.05) is 98.8 Å². The van der Waals surface area contributed by atoms with Crippen LogP contribution >= 0.6 is 0 Å². The average molecular weight is 711 g/mol. The summed E-state index contributed by atoms with van der Waals surface area (Å²) in [5.74, 6) is -1.17. The monoisotopic (exact) mass is 710 g/mol. The summed E-state index contributed by atoms with van der Waals surface area (Å²) >= 11 is 0. The third-order valence-corrected chi connectivity index (χ3v) is 8.62. The minimum Gasteiger partial charge on any atom is -0.457 e. The predicted molar refractivity (Wildman–Crippen MR) is 190 cm³/mol. The smallest absolute Gasteiger partial charge is 0.457 e. The van der Waals surface area contributed by atoms with Gasteiger partial charge in [-0.25, -0.2) is 9.59 Å². The zero-order valence-electron chi connectivity index (χ0n) is 29.0. The van der Waals surface area contributed by atoms with E-state index in [9.17, 15) is 29.4 Å². The van der Waals surface area contributed by atoms with Gasteiger partial charge in [-0.2, -0.15) is 0 Å². The van der Waals surface area contributed by atoms with E-state index in [2.05, 4.69) is 0 Å². The van der Waals surface area contributed by atoms with Gasteiger partial charge >= 0.3 is 12.3 Å². The molecule has 1 fully saturated rings. The standard InChI is InChI=1S/C40H42N2O10/c1-3-23-41(25-27-15-19-31(20-16-27)49-29-11-7-5-8-12-29)37(43)33-34(36(52-40(47)48)35(33)51-39(45)46)38(44)42(24-4-2)26-28-17-21-32(22-18-28)50-30-13-9-6-10-14-30/h5-22,33-36H,3-4,23-26H2,1-2H3,(H,45,46)(H,47,48)/t33-,34-,35-,36-/m0/s1. The van der Waals surface area contributed by atoms with E-state index < -0.39 is 48.2 Å². The number of amides is 2. The number of para-hydroxylation sites is 2. The van der Waals surface area contributed by atoms with Crippen molar-refractivity contribution in [1.82, 2.24) is 9.80 Å². The van der Waals surface area contributed by atoms with E-state index in [4.69, 9.17) is 18.9 Å². The summed E-state index contributed by atoms with van der Waals surface area (Å²) in [5.41, 5.74) is 1.54. The first-order valence-corrected chi connectivity index (χ1v) is 17.2. The van der Waals surface area contributed by atoms with E-state index >= 15 is 0 Å². The van der Waals surface area contributed by atoms with Gasteiger partial charge in [0.15, 0.2) is 12.2 Å². The van der Waals surface area contributed by atoms with Gasteiger partial charge in [-0.3, -0.25) is 9.59 Å². The second-order valence-electron chi connectivity index (χ2n) is 12.4. The molecule has 5 rings (SSSR count). The minimum absolute atomic E-state index is 0.149. The first kappa shape index (κ1) is 37.2. The number of benzene rings is 4. The topological polar surface area (TPSA) is 152 Å². The first-order valence-electron chi connectivity index (χ1n) is 17.2. The van der Waals surface area contributed by atoms with Crippen LogP contribution in [0.5, 0.6) is 23.0 Å². The lowest BCUT2D eigenvalue weighted by atomic mass is 9.66. The first-order chi connectivity index (χ1) is 25.2. The Morgan fingerprint density at radius 2 is 0.846 bits per heavy atom. The van der Waals surface area contributed by atoms with Crippen LogP contribution in [0.25, 0.3) is 0 Å². The van der Waals surface area contributed by atoms with Crippen LogP contribution in [-0.2, 0) is 32.2 Å². The van der Waals surface area contributed by atoms with Gasteiger partial charge in [0.2, 0.25) is 11.8 Å². The molecule has 4 aromatic rings. The molecule has 0 heterocycles. The molecule has 0 aliphatic heterocycles. The molecule has 4 atom stereocenters. The quantitative estimate of drug-likeness (QED) is 0.110. The summed E-state index contributed by atoms with van der Waals surface area (Å²) in [4.78, 5) is 55.3. The average Bonchev–Trinajstić information content (AvgIpc) is 3.13. The van der Waals surface area contributed by atoms with Crippen LogP contribution in [0.4, 0.5) is 9.59 Å². The number of hydrogen-bond donors (Lipinski definition) is 2. The Morgan fingerprint density at radius 3 is 1.15 bits per heavy atom. The van der Waals surface area contributed by atoms with Gasteiger partial charge in [-0.1, -0.05) is 74.5 Å². The molecule has 0 bridgehead atoms. The molecular formula is C40H42N2O10. The molecular weight excluding hydrogens is 668 g/mol. The largest absolute Gasteiger partial charge is 0.506 e. The van der Waals surface area contributed by atoms with E-state index in [1.54, 1.807) is 24.3 Å². The van der Waals surface area contributed by atoms with E-state index in [0.29, 0.717) is 48.9 Å². The number of nitrogens with zero attached hydrogens (tertiary/aromatic N) is 2. The summed E-state index contributed by atoms with van der Waals surface area (Å²) in [6.07, 6.45) is -5.34. The molecule has 12 nitrogen and oxygen atoms in total. The third-order valence-electron chi connectivity index (χ3n) is 8.62. The maximum absolute atomic E-state index is 14.3. The fourth-order valence-corrected chi connectivity index (χ4v) is 6.29. The van der Waals surface area contributed by atoms with Gasteiger partial charge in [0.25, 0.3) is 0 Å². The maximum atomic E-state index is 14.3. The molecule has 0 aromatic heterocycles. The second kappa shape index (κ2) is 17.8. The fourth-order valence-electron chi connectivity index (χ4n) is 6.29. The van der Waals surface area contributed by atoms with Crippen LogP contribution in [0.2, 0.25) is 0 Å². The summed E-state index contributed by atoms with van der Waals surface area (Å²) in [6, 6.07) is 33.0. The zero-order valence-corrected chi connectivity index (χ0v) is 29.0. The van der Waals surface area contributed by atoms with Crippen molar-refractivity contribution in [2.45, 2.75) is 52.0 Å². The Hall–Kier alpha value is -6.04. The van der Waals surface area contributed by atoms with Crippen molar-refractivity contribution in [3.63, 3.8) is 0 Å².